The van der Waals surface area contributed by atoms with Crippen LogP contribution in [0.4, 0.5) is 8.78 Å². The summed E-state index contributed by atoms with van der Waals surface area (Å²) in [6.45, 7) is 0.0279. The van der Waals surface area contributed by atoms with Gasteiger partial charge in [-0.05, 0) is 41.5 Å². The Bertz CT molecular complexity index is 1120. The van der Waals surface area contributed by atoms with Crippen molar-refractivity contribution in [3.63, 3.8) is 0 Å². The normalized spacial score (nSPS) is 11.0. The molecule has 3 aromatic carbocycles. The zero-order valence-corrected chi connectivity index (χ0v) is 16.0. The maximum atomic E-state index is 13.3. The summed E-state index contributed by atoms with van der Waals surface area (Å²) in [4.78, 5) is 17.0. The van der Waals surface area contributed by atoms with E-state index in [1.54, 1.807) is 12.1 Å². The molecule has 29 heavy (non-hydrogen) atoms. The number of hydrogen-bond acceptors (Lipinski definition) is 4. The fourth-order valence-electron chi connectivity index (χ4n) is 2.91. The number of hydrogen-bond donors (Lipinski definition) is 1. The minimum absolute atomic E-state index is 0.0279. The molecule has 0 aliphatic heterocycles. The lowest BCUT2D eigenvalue weighted by molar-refractivity contribution is 0.0950. The summed E-state index contributed by atoms with van der Waals surface area (Å²) < 4.78 is 32.3. The molecule has 7 heteroatoms. The largest absolute Gasteiger partial charge is 0.431 e. The number of rotatable bonds is 6. The van der Waals surface area contributed by atoms with Crippen molar-refractivity contribution in [2.24, 2.45) is 0 Å². The van der Waals surface area contributed by atoms with E-state index in [9.17, 15) is 13.6 Å². The van der Waals surface area contributed by atoms with E-state index in [0.717, 1.165) is 17.1 Å². The van der Waals surface area contributed by atoms with Crippen LogP contribution in [0, 0.1) is 11.6 Å². The van der Waals surface area contributed by atoms with Gasteiger partial charge in [0.15, 0.2) is 5.58 Å². The van der Waals surface area contributed by atoms with Crippen molar-refractivity contribution in [1.82, 2.24) is 10.3 Å². The summed E-state index contributed by atoms with van der Waals surface area (Å²) in [5, 5.41) is 3.23. The molecule has 1 aromatic heterocycles. The Balaban J connectivity index is 1.44. The van der Waals surface area contributed by atoms with Gasteiger partial charge in [0.25, 0.3) is 11.1 Å². The van der Waals surface area contributed by atoms with Gasteiger partial charge in [-0.3, -0.25) is 4.79 Å². The number of carbonyl (C=O) groups excluding carboxylic acids is 1. The molecule has 0 aliphatic carbocycles. The number of benzene rings is 3. The van der Waals surface area contributed by atoms with E-state index in [4.69, 9.17) is 4.42 Å². The Kier molecular flexibility index (Phi) is 5.57. The van der Waals surface area contributed by atoms with Crippen molar-refractivity contribution in [2.75, 3.05) is 0 Å². The van der Waals surface area contributed by atoms with Crippen LogP contribution in [0.2, 0.25) is 0 Å². The summed E-state index contributed by atoms with van der Waals surface area (Å²) >= 11 is 1.39. The van der Waals surface area contributed by atoms with E-state index in [-0.39, 0.29) is 12.5 Å². The second-order valence-corrected chi connectivity index (χ2v) is 7.28. The van der Waals surface area contributed by atoms with Gasteiger partial charge < -0.3 is 9.73 Å². The number of oxazole rings is 1. The second-order valence-electron chi connectivity index (χ2n) is 6.35. The Labute approximate surface area is 170 Å². The molecule has 4 aromatic rings. The average molecular weight is 410 g/mol. The van der Waals surface area contributed by atoms with Crippen LogP contribution in [0.3, 0.4) is 0 Å². The van der Waals surface area contributed by atoms with E-state index in [1.165, 1.54) is 23.9 Å². The molecule has 1 heterocycles. The minimum atomic E-state index is -0.676. The highest BCUT2D eigenvalue weighted by molar-refractivity contribution is 7.98. The maximum absolute atomic E-state index is 13.3. The molecule has 146 valence electrons. The first-order valence-corrected chi connectivity index (χ1v) is 9.86. The molecule has 0 unspecified atom stereocenters. The average Bonchev–Trinajstić information content (AvgIpc) is 3.13. The lowest BCUT2D eigenvalue weighted by Gasteiger charge is -2.10. The quantitative estimate of drug-likeness (QED) is 0.437. The van der Waals surface area contributed by atoms with E-state index < -0.39 is 11.6 Å². The summed E-state index contributed by atoms with van der Waals surface area (Å²) in [7, 11) is 0. The smallest absolute Gasteiger partial charge is 0.257 e. The van der Waals surface area contributed by atoms with Crippen LogP contribution >= 0.6 is 11.8 Å². The van der Waals surface area contributed by atoms with Crippen LogP contribution in [-0.4, -0.2) is 10.9 Å². The molecule has 0 spiro atoms. The fraction of sp³-hybridized carbons (Fsp3) is 0.0909. The van der Waals surface area contributed by atoms with Gasteiger partial charge in [-0.1, -0.05) is 42.1 Å². The molecule has 4 nitrogen and oxygen atoms in total. The number of para-hydroxylation sites is 2. The van der Waals surface area contributed by atoms with Gasteiger partial charge in [-0.15, -0.1) is 0 Å². The third kappa shape index (κ3) is 4.63. The third-order valence-corrected chi connectivity index (χ3v) is 5.14. The van der Waals surface area contributed by atoms with Gasteiger partial charge in [0, 0.05) is 23.9 Å². The van der Waals surface area contributed by atoms with Crippen LogP contribution in [0.25, 0.3) is 11.1 Å². The van der Waals surface area contributed by atoms with Crippen LogP contribution < -0.4 is 5.32 Å². The highest BCUT2D eigenvalue weighted by atomic mass is 32.2. The molecule has 0 fully saturated rings. The topological polar surface area (TPSA) is 55.1 Å². The molecule has 0 bridgehead atoms. The minimum Gasteiger partial charge on any atom is -0.431 e. The number of halogens is 2. The first-order chi connectivity index (χ1) is 14.1. The zero-order chi connectivity index (χ0) is 20.2. The number of fused-ring (bicyclic) bond motifs is 1. The van der Waals surface area contributed by atoms with Gasteiger partial charge in [-0.25, -0.2) is 13.8 Å². The highest BCUT2D eigenvalue weighted by Crippen LogP contribution is 2.27. The summed E-state index contributed by atoms with van der Waals surface area (Å²) in [5.41, 5.74) is 3.15. The third-order valence-electron chi connectivity index (χ3n) is 4.26. The summed E-state index contributed by atoms with van der Waals surface area (Å²) in [6.07, 6.45) is 0. The van der Waals surface area contributed by atoms with Gasteiger partial charge >= 0.3 is 0 Å². The lowest BCUT2D eigenvalue weighted by Crippen LogP contribution is -2.24. The summed E-state index contributed by atoms with van der Waals surface area (Å²) in [5.74, 6) is -1.18. The van der Waals surface area contributed by atoms with E-state index in [0.29, 0.717) is 27.7 Å². The first kappa shape index (κ1) is 19.1. The van der Waals surface area contributed by atoms with E-state index in [2.05, 4.69) is 10.3 Å². The molecular formula is C22H16F2N2O2S. The molecule has 0 saturated carbocycles. The molecule has 1 amide bonds. The first-order valence-electron chi connectivity index (χ1n) is 8.88. The van der Waals surface area contributed by atoms with Crippen LogP contribution in [-0.2, 0) is 12.3 Å². The number of amides is 1. The van der Waals surface area contributed by atoms with E-state index >= 15 is 0 Å². The SMILES string of the molecule is O=C(NCc1cc(F)cc(F)c1)c1ccccc1CSc1nc2ccccc2o1. The highest BCUT2D eigenvalue weighted by Gasteiger charge is 2.13. The monoisotopic (exact) mass is 410 g/mol. The van der Waals surface area contributed by atoms with Crippen molar-refractivity contribution in [3.05, 3.63) is 95.1 Å². The van der Waals surface area contributed by atoms with Crippen molar-refractivity contribution in [3.8, 4) is 0 Å². The number of nitrogens with zero attached hydrogens (tertiary/aromatic N) is 1. The second kappa shape index (κ2) is 8.45. The standard InChI is InChI=1S/C22H16F2N2O2S/c23-16-9-14(10-17(24)11-16)12-25-21(27)18-6-2-1-5-15(18)13-29-22-26-19-7-3-4-8-20(19)28-22/h1-11H,12-13H2,(H,25,27). The van der Waals surface area contributed by atoms with Crippen molar-refractivity contribution >= 4 is 28.8 Å². The van der Waals surface area contributed by atoms with E-state index in [1.807, 2.05) is 36.4 Å². The van der Waals surface area contributed by atoms with Crippen LogP contribution in [0.1, 0.15) is 21.5 Å². The number of carbonyl (C=O) groups is 1. The zero-order valence-electron chi connectivity index (χ0n) is 15.2. The lowest BCUT2D eigenvalue weighted by atomic mass is 10.1. The molecule has 4 rings (SSSR count). The number of thioether (sulfide) groups is 1. The molecule has 1 N–H and O–H groups in total. The molecule has 0 aliphatic rings. The molecule has 0 atom stereocenters. The van der Waals surface area contributed by atoms with Crippen molar-refractivity contribution in [2.45, 2.75) is 17.5 Å². The van der Waals surface area contributed by atoms with Crippen molar-refractivity contribution in [1.29, 1.82) is 0 Å². The Morgan fingerprint density at radius 2 is 1.72 bits per heavy atom. The van der Waals surface area contributed by atoms with Gasteiger partial charge in [-0.2, -0.15) is 0 Å². The van der Waals surface area contributed by atoms with Crippen molar-refractivity contribution < 1.29 is 18.0 Å². The Morgan fingerprint density at radius 1 is 1.00 bits per heavy atom. The Morgan fingerprint density at radius 3 is 2.52 bits per heavy atom. The van der Waals surface area contributed by atoms with Gasteiger partial charge in [0.2, 0.25) is 0 Å². The molecule has 0 saturated heterocycles. The number of aromatic nitrogens is 1. The Hall–Kier alpha value is -3.19. The molecule has 0 radical (unpaired) electrons. The van der Waals surface area contributed by atoms with Crippen LogP contribution in [0.15, 0.2) is 76.4 Å². The summed E-state index contributed by atoms with van der Waals surface area (Å²) in [6, 6.07) is 17.9. The van der Waals surface area contributed by atoms with Crippen LogP contribution in [0.5, 0.6) is 0 Å². The predicted octanol–water partition coefficient (Wildman–Crippen LogP) is 5.33. The predicted molar refractivity (Wildman–Crippen MR) is 108 cm³/mol. The van der Waals surface area contributed by atoms with Gasteiger partial charge in [0.05, 0.1) is 0 Å². The van der Waals surface area contributed by atoms with Gasteiger partial charge in [0.1, 0.15) is 17.2 Å². The maximum Gasteiger partial charge on any atom is 0.257 e. The number of nitrogens with one attached hydrogen (secondary N) is 1. The fourth-order valence-corrected chi connectivity index (χ4v) is 3.75. The molecular weight excluding hydrogens is 394 g/mol.